The lowest BCUT2D eigenvalue weighted by Crippen LogP contribution is -2.35. The second-order valence-electron chi connectivity index (χ2n) is 7.42. The molecule has 0 spiro atoms. The van der Waals surface area contributed by atoms with Gasteiger partial charge in [0.1, 0.15) is 0 Å². The summed E-state index contributed by atoms with van der Waals surface area (Å²) in [7, 11) is -3.89. The number of carbonyl (C=O) groups is 1. The minimum Gasteiger partial charge on any atom is -0.469 e. The second kappa shape index (κ2) is 10.1. The number of likely N-dealkylation sites (tertiary alicyclic amines) is 1. The highest BCUT2D eigenvalue weighted by Gasteiger charge is 2.32. The van der Waals surface area contributed by atoms with Gasteiger partial charge in [0.15, 0.2) is 5.75 Å². The fourth-order valence-corrected chi connectivity index (χ4v) is 5.21. The van der Waals surface area contributed by atoms with Gasteiger partial charge < -0.3 is 9.64 Å². The van der Waals surface area contributed by atoms with Gasteiger partial charge in [-0.3, -0.25) is 14.9 Å². The lowest BCUT2D eigenvalue weighted by atomic mass is 10.1. The molecule has 172 valence electrons. The highest BCUT2D eigenvalue weighted by molar-refractivity contribution is 7.89. The van der Waals surface area contributed by atoms with Crippen molar-refractivity contribution in [1.82, 2.24) is 9.21 Å². The van der Waals surface area contributed by atoms with Gasteiger partial charge in [0.2, 0.25) is 16.1 Å². The summed E-state index contributed by atoms with van der Waals surface area (Å²) in [6.45, 7) is 5.09. The highest BCUT2D eigenvalue weighted by atomic mass is 32.2. The number of amides is 1. The lowest BCUT2D eigenvalue weighted by Gasteiger charge is -2.24. The Morgan fingerprint density at radius 1 is 1.12 bits per heavy atom. The number of nitro groups is 1. The third kappa shape index (κ3) is 4.91. The largest absolute Gasteiger partial charge is 0.469 e. The molecule has 0 radical (unpaired) electrons. The van der Waals surface area contributed by atoms with E-state index in [0.29, 0.717) is 18.7 Å². The number of nitro benzene ring substituents is 1. The quantitative estimate of drug-likeness (QED) is 0.418. The monoisotopic (exact) mass is 461 g/mol. The first-order valence-electron chi connectivity index (χ1n) is 10.6. The second-order valence-corrected chi connectivity index (χ2v) is 9.35. The van der Waals surface area contributed by atoms with E-state index in [4.69, 9.17) is 4.74 Å². The van der Waals surface area contributed by atoms with Gasteiger partial charge >= 0.3 is 5.69 Å². The van der Waals surface area contributed by atoms with E-state index in [-0.39, 0.29) is 29.6 Å². The zero-order valence-corrected chi connectivity index (χ0v) is 19.0. The minimum absolute atomic E-state index is 0.158. The summed E-state index contributed by atoms with van der Waals surface area (Å²) < 4.78 is 32.7. The van der Waals surface area contributed by atoms with Crippen LogP contribution in [0, 0.1) is 10.1 Å². The number of sulfonamides is 1. The Bertz CT molecular complexity index is 1060. The smallest absolute Gasteiger partial charge is 0.312 e. The SMILES string of the molecule is CCN(CC)S(=O)(=O)c1ccc(OC(C(=O)N2CCCC2)c2ccccc2)c([N+](=O)[O-])c1. The fourth-order valence-electron chi connectivity index (χ4n) is 3.73. The topological polar surface area (TPSA) is 110 Å². The van der Waals surface area contributed by atoms with Gasteiger partial charge in [-0.1, -0.05) is 44.2 Å². The van der Waals surface area contributed by atoms with Gasteiger partial charge in [-0.05, 0) is 25.0 Å². The summed E-state index contributed by atoms with van der Waals surface area (Å²) in [6.07, 6.45) is 0.717. The Labute approximate surface area is 187 Å². The molecular formula is C22H27N3O6S. The van der Waals surface area contributed by atoms with Crippen molar-refractivity contribution < 1.29 is 22.9 Å². The Morgan fingerprint density at radius 2 is 1.75 bits per heavy atom. The summed E-state index contributed by atoms with van der Waals surface area (Å²) in [5.41, 5.74) is 0.0620. The average molecular weight is 462 g/mol. The number of ether oxygens (including phenoxy) is 1. The maximum atomic E-state index is 13.2. The zero-order chi connectivity index (χ0) is 23.3. The van der Waals surface area contributed by atoms with E-state index in [1.54, 1.807) is 49.1 Å². The minimum atomic E-state index is -3.89. The van der Waals surface area contributed by atoms with E-state index in [2.05, 4.69) is 0 Å². The van der Waals surface area contributed by atoms with Gasteiger partial charge in [0, 0.05) is 37.8 Å². The van der Waals surface area contributed by atoms with E-state index in [0.717, 1.165) is 18.9 Å². The molecule has 0 saturated carbocycles. The summed E-state index contributed by atoms with van der Waals surface area (Å²) in [5, 5.41) is 11.8. The van der Waals surface area contributed by atoms with Crippen LogP contribution in [-0.2, 0) is 14.8 Å². The van der Waals surface area contributed by atoms with Gasteiger partial charge in [-0.25, -0.2) is 8.42 Å². The molecule has 1 saturated heterocycles. The number of nitrogens with zero attached hydrogens (tertiary/aromatic N) is 3. The highest BCUT2D eigenvalue weighted by Crippen LogP contribution is 2.35. The Hall–Kier alpha value is -2.98. The molecular weight excluding hydrogens is 434 g/mol. The van der Waals surface area contributed by atoms with Gasteiger partial charge in [-0.2, -0.15) is 4.31 Å². The van der Waals surface area contributed by atoms with Crippen LogP contribution in [0.25, 0.3) is 0 Å². The number of hydrogen-bond donors (Lipinski definition) is 0. The summed E-state index contributed by atoms with van der Waals surface area (Å²) in [6, 6.07) is 12.3. The molecule has 2 aromatic carbocycles. The number of hydrogen-bond acceptors (Lipinski definition) is 6. The number of carbonyl (C=O) groups excluding carboxylic acids is 1. The maximum Gasteiger partial charge on any atom is 0.312 e. The van der Waals surface area contributed by atoms with Crippen LogP contribution in [0.3, 0.4) is 0 Å². The van der Waals surface area contributed by atoms with Crippen LogP contribution in [0.1, 0.15) is 38.4 Å². The van der Waals surface area contributed by atoms with Crippen molar-refractivity contribution in [2.45, 2.75) is 37.7 Å². The van der Waals surface area contributed by atoms with Gasteiger partial charge in [0.05, 0.1) is 9.82 Å². The van der Waals surface area contributed by atoms with Crippen LogP contribution in [-0.4, -0.2) is 54.6 Å². The van der Waals surface area contributed by atoms with Crippen molar-refractivity contribution in [2.75, 3.05) is 26.2 Å². The maximum absolute atomic E-state index is 13.2. The molecule has 0 N–H and O–H groups in total. The fraction of sp³-hybridized carbons (Fsp3) is 0.409. The Kier molecular flexibility index (Phi) is 7.47. The van der Waals surface area contributed by atoms with Crippen molar-refractivity contribution in [1.29, 1.82) is 0 Å². The molecule has 1 atom stereocenters. The summed E-state index contributed by atoms with van der Waals surface area (Å²) in [5.74, 6) is -0.433. The normalized spacial score (nSPS) is 15.0. The molecule has 1 fully saturated rings. The first-order chi connectivity index (χ1) is 15.3. The molecule has 1 heterocycles. The molecule has 0 aromatic heterocycles. The van der Waals surface area contributed by atoms with Crippen LogP contribution in [0.15, 0.2) is 53.4 Å². The third-order valence-electron chi connectivity index (χ3n) is 5.46. The van der Waals surface area contributed by atoms with E-state index in [1.807, 2.05) is 0 Å². The summed E-state index contributed by atoms with van der Waals surface area (Å²) >= 11 is 0. The lowest BCUT2D eigenvalue weighted by molar-refractivity contribution is -0.386. The zero-order valence-electron chi connectivity index (χ0n) is 18.1. The van der Waals surface area contributed by atoms with Crippen molar-refractivity contribution >= 4 is 21.6 Å². The third-order valence-corrected chi connectivity index (χ3v) is 7.51. The number of rotatable bonds is 9. The first kappa shape index (κ1) is 23.7. The summed E-state index contributed by atoms with van der Waals surface area (Å²) in [4.78, 5) is 25.7. The van der Waals surface area contributed by atoms with Crippen molar-refractivity contribution in [2.24, 2.45) is 0 Å². The standard InChI is InChI=1S/C22H27N3O6S/c1-3-24(4-2)32(29,30)18-12-13-20(19(16-18)25(27)28)31-21(17-10-6-5-7-11-17)22(26)23-14-8-9-15-23/h5-7,10-13,16,21H,3-4,8-9,14-15H2,1-2H3. The molecule has 3 rings (SSSR count). The van der Waals surface area contributed by atoms with Crippen molar-refractivity contribution in [3.8, 4) is 5.75 Å². The van der Waals surface area contributed by atoms with Crippen LogP contribution in [0.2, 0.25) is 0 Å². The van der Waals surface area contributed by atoms with Crippen LogP contribution in [0.4, 0.5) is 5.69 Å². The molecule has 1 aliphatic rings. The van der Waals surface area contributed by atoms with Crippen LogP contribution >= 0.6 is 0 Å². The molecule has 32 heavy (non-hydrogen) atoms. The van der Waals surface area contributed by atoms with Crippen LogP contribution in [0.5, 0.6) is 5.75 Å². The van der Waals surface area contributed by atoms with E-state index < -0.39 is 26.7 Å². The predicted octanol–water partition coefficient (Wildman–Crippen LogP) is 3.37. The molecule has 0 bridgehead atoms. The molecule has 1 amide bonds. The average Bonchev–Trinajstić information content (AvgIpc) is 3.33. The van der Waals surface area contributed by atoms with Crippen molar-refractivity contribution in [3.63, 3.8) is 0 Å². The van der Waals surface area contributed by atoms with Gasteiger partial charge in [-0.15, -0.1) is 0 Å². The molecule has 9 nitrogen and oxygen atoms in total. The van der Waals surface area contributed by atoms with Crippen molar-refractivity contribution in [3.05, 3.63) is 64.2 Å². The molecule has 10 heteroatoms. The van der Waals surface area contributed by atoms with Crippen LogP contribution < -0.4 is 4.74 Å². The molecule has 1 aliphatic heterocycles. The Balaban J connectivity index is 2.01. The van der Waals surface area contributed by atoms with E-state index >= 15 is 0 Å². The van der Waals surface area contributed by atoms with E-state index in [9.17, 15) is 23.3 Å². The van der Waals surface area contributed by atoms with Gasteiger partial charge in [0.25, 0.3) is 5.91 Å². The molecule has 0 aliphatic carbocycles. The Morgan fingerprint density at radius 3 is 2.31 bits per heavy atom. The molecule has 1 unspecified atom stereocenters. The number of benzene rings is 2. The predicted molar refractivity (Wildman–Crippen MR) is 119 cm³/mol. The van der Waals surface area contributed by atoms with E-state index in [1.165, 1.54) is 16.4 Å². The molecule has 2 aromatic rings. The first-order valence-corrected chi connectivity index (χ1v) is 12.0.